The maximum Gasteiger partial charge on any atom is 0.327 e. The Morgan fingerprint density at radius 1 is 1.40 bits per heavy atom. The number of likely N-dealkylation sites (tertiary alicyclic amines) is 1. The quantitative estimate of drug-likeness (QED) is 0.726. The summed E-state index contributed by atoms with van der Waals surface area (Å²) in [5.41, 5.74) is -0.493. The van der Waals surface area contributed by atoms with Crippen LogP contribution >= 0.6 is 0 Å². The van der Waals surface area contributed by atoms with Gasteiger partial charge in [0, 0.05) is 12.6 Å². The Bertz CT molecular complexity index is 341. The van der Waals surface area contributed by atoms with E-state index >= 15 is 0 Å². The van der Waals surface area contributed by atoms with Crippen molar-refractivity contribution in [3.63, 3.8) is 0 Å². The van der Waals surface area contributed by atoms with Crippen molar-refractivity contribution in [2.75, 3.05) is 26.7 Å². The first kappa shape index (κ1) is 15.8. The largest absolute Gasteiger partial charge is 0.465 e. The molecule has 1 saturated carbocycles. The first-order chi connectivity index (χ1) is 9.55. The summed E-state index contributed by atoms with van der Waals surface area (Å²) in [7, 11) is 1.91. The van der Waals surface area contributed by atoms with Gasteiger partial charge in [0.05, 0.1) is 6.61 Å². The summed E-state index contributed by atoms with van der Waals surface area (Å²) in [6, 6.07) is 0.607. The van der Waals surface area contributed by atoms with Gasteiger partial charge in [-0.1, -0.05) is 13.8 Å². The van der Waals surface area contributed by atoms with Crippen LogP contribution in [0, 0.1) is 11.8 Å². The maximum atomic E-state index is 12.5. The molecule has 0 spiro atoms. The summed E-state index contributed by atoms with van der Waals surface area (Å²) < 4.78 is 5.38. The van der Waals surface area contributed by atoms with Crippen LogP contribution in [-0.4, -0.2) is 49.2 Å². The Kier molecular flexibility index (Phi) is 5.08. The van der Waals surface area contributed by atoms with Crippen LogP contribution in [0.3, 0.4) is 0 Å². The van der Waals surface area contributed by atoms with Crippen LogP contribution in [0.25, 0.3) is 0 Å². The van der Waals surface area contributed by atoms with Crippen LogP contribution in [0.5, 0.6) is 0 Å². The van der Waals surface area contributed by atoms with Crippen LogP contribution in [0.2, 0.25) is 0 Å². The zero-order chi connectivity index (χ0) is 14.8. The van der Waals surface area contributed by atoms with Gasteiger partial charge in [-0.3, -0.25) is 4.90 Å². The molecule has 1 saturated heterocycles. The van der Waals surface area contributed by atoms with Crippen LogP contribution < -0.4 is 5.32 Å². The minimum absolute atomic E-state index is 0.0561. The van der Waals surface area contributed by atoms with Crippen molar-refractivity contribution in [1.82, 2.24) is 10.2 Å². The van der Waals surface area contributed by atoms with Gasteiger partial charge in [-0.2, -0.15) is 0 Å². The van der Waals surface area contributed by atoms with Crippen molar-refractivity contribution in [3.05, 3.63) is 0 Å². The van der Waals surface area contributed by atoms with Crippen molar-refractivity contribution in [3.8, 4) is 0 Å². The second-order valence-electron chi connectivity index (χ2n) is 6.64. The van der Waals surface area contributed by atoms with E-state index in [1.54, 1.807) is 0 Å². The molecule has 1 N–H and O–H groups in total. The number of esters is 1. The van der Waals surface area contributed by atoms with E-state index in [0.717, 1.165) is 25.9 Å². The monoisotopic (exact) mass is 282 g/mol. The first-order valence-electron chi connectivity index (χ1n) is 8.15. The number of nitrogens with one attached hydrogen (secondary N) is 1. The molecule has 2 fully saturated rings. The van der Waals surface area contributed by atoms with Gasteiger partial charge in [-0.25, -0.2) is 4.79 Å². The van der Waals surface area contributed by atoms with E-state index in [1.807, 2.05) is 14.0 Å². The molecule has 2 atom stereocenters. The lowest BCUT2D eigenvalue weighted by molar-refractivity contribution is -0.153. The number of carbonyl (C=O) groups excluding carboxylic acids is 1. The van der Waals surface area contributed by atoms with Gasteiger partial charge in [0.2, 0.25) is 0 Å². The van der Waals surface area contributed by atoms with Gasteiger partial charge in [0.1, 0.15) is 5.54 Å². The molecule has 0 amide bonds. The number of hydrogen-bond donors (Lipinski definition) is 1. The van der Waals surface area contributed by atoms with Gasteiger partial charge in [-0.15, -0.1) is 0 Å². The molecule has 1 heterocycles. The Labute approximate surface area is 123 Å². The molecule has 116 valence electrons. The highest BCUT2D eigenvalue weighted by molar-refractivity contribution is 5.82. The first-order valence-corrected chi connectivity index (χ1v) is 8.15. The highest BCUT2D eigenvalue weighted by Crippen LogP contribution is 2.42. The van der Waals surface area contributed by atoms with Crippen molar-refractivity contribution < 1.29 is 9.53 Å². The van der Waals surface area contributed by atoms with Crippen LogP contribution in [0.4, 0.5) is 0 Å². The summed E-state index contributed by atoms with van der Waals surface area (Å²) >= 11 is 0. The van der Waals surface area contributed by atoms with E-state index in [0.29, 0.717) is 24.5 Å². The van der Waals surface area contributed by atoms with Gasteiger partial charge < -0.3 is 10.1 Å². The lowest BCUT2D eigenvalue weighted by Gasteiger charge is -2.38. The minimum atomic E-state index is -0.493. The molecule has 0 radical (unpaired) electrons. The molecule has 0 aromatic carbocycles. The van der Waals surface area contributed by atoms with E-state index in [4.69, 9.17) is 4.74 Å². The van der Waals surface area contributed by atoms with Crippen LogP contribution in [0.1, 0.15) is 46.5 Å². The zero-order valence-electron chi connectivity index (χ0n) is 13.4. The smallest absolute Gasteiger partial charge is 0.327 e. The number of nitrogens with zero attached hydrogens (tertiary/aromatic N) is 1. The van der Waals surface area contributed by atoms with Crippen molar-refractivity contribution >= 4 is 5.97 Å². The highest BCUT2D eigenvalue weighted by atomic mass is 16.5. The fourth-order valence-electron chi connectivity index (χ4n) is 3.71. The fraction of sp³-hybridized carbons (Fsp3) is 0.938. The molecule has 4 heteroatoms. The molecular weight excluding hydrogens is 252 g/mol. The summed E-state index contributed by atoms with van der Waals surface area (Å²) in [5, 5.41) is 3.33. The SMILES string of the molecule is CCOC(=O)C(CN1CCCC1C(C)C)(NC)C1CC1. The standard InChI is InChI=1S/C16H30N2O2/c1-5-20-15(19)16(17-4,13-8-9-13)11-18-10-6-7-14(18)12(2)3/h12-14,17H,5-11H2,1-4H3. The van der Waals surface area contributed by atoms with Gasteiger partial charge >= 0.3 is 5.97 Å². The highest BCUT2D eigenvalue weighted by Gasteiger charge is 2.52. The molecule has 0 aromatic heterocycles. The predicted molar refractivity (Wildman–Crippen MR) is 80.6 cm³/mol. The van der Waals surface area contributed by atoms with Crippen LogP contribution in [0.15, 0.2) is 0 Å². The molecule has 4 nitrogen and oxygen atoms in total. The van der Waals surface area contributed by atoms with E-state index in [1.165, 1.54) is 12.8 Å². The predicted octanol–water partition coefficient (Wildman–Crippen LogP) is 2.04. The average molecular weight is 282 g/mol. The number of ether oxygens (including phenoxy) is 1. The third-order valence-corrected chi connectivity index (χ3v) is 5.00. The molecule has 2 rings (SSSR count). The van der Waals surface area contributed by atoms with E-state index in [9.17, 15) is 4.79 Å². The van der Waals surface area contributed by atoms with E-state index in [-0.39, 0.29) is 5.97 Å². The van der Waals surface area contributed by atoms with E-state index in [2.05, 4.69) is 24.1 Å². The van der Waals surface area contributed by atoms with Crippen molar-refractivity contribution in [2.45, 2.75) is 58.0 Å². The summed E-state index contributed by atoms with van der Waals surface area (Å²) in [5.74, 6) is 1.04. The average Bonchev–Trinajstić information content (AvgIpc) is 3.16. The summed E-state index contributed by atoms with van der Waals surface area (Å²) in [6.07, 6.45) is 4.78. The lowest BCUT2D eigenvalue weighted by Crippen LogP contribution is -2.61. The maximum absolute atomic E-state index is 12.5. The Hall–Kier alpha value is -0.610. The molecule has 2 unspecified atom stereocenters. The molecule has 2 aliphatic rings. The molecule has 0 bridgehead atoms. The summed E-state index contributed by atoms with van der Waals surface area (Å²) in [6.45, 7) is 8.83. The topological polar surface area (TPSA) is 41.6 Å². The second kappa shape index (κ2) is 6.44. The van der Waals surface area contributed by atoms with Crippen molar-refractivity contribution in [1.29, 1.82) is 0 Å². The van der Waals surface area contributed by atoms with Crippen molar-refractivity contribution in [2.24, 2.45) is 11.8 Å². The second-order valence-corrected chi connectivity index (χ2v) is 6.64. The van der Waals surface area contributed by atoms with Gasteiger partial charge in [0.15, 0.2) is 0 Å². The molecular formula is C16H30N2O2. The summed E-state index contributed by atoms with van der Waals surface area (Å²) in [4.78, 5) is 15.0. The Balaban J connectivity index is 2.13. The minimum Gasteiger partial charge on any atom is -0.465 e. The molecule has 20 heavy (non-hydrogen) atoms. The number of carbonyl (C=O) groups is 1. The molecule has 0 aromatic rings. The third kappa shape index (κ3) is 3.01. The number of rotatable bonds is 7. The van der Waals surface area contributed by atoms with Gasteiger partial charge in [0.25, 0.3) is 0 Å². The Morgan fingerprint density at radius 2 is 2.10 bits per heavy atom. The zero-order valence-corrected chi connectivity index (χ0v) is 13.4. The number of likely N-dealkylation sites (N-methyl/N-ethyl adjacent to an activating group) is 1. The lowest BCUT2D eigenvalue weighted by atomic mass is 9.91. The molecule has 1 aliphatic carbocycles. The molecule has 1 aliphatic heterocycles. The van der Waals surface area contributed by atoms with Gasteiger partial charge in [-0.05, 0) is 58.0 Å². The van der Waals surface area contributed by atoms with Crippen LogP contribution in [-0.2, 0) is 9.53 Å². The fourth-order valence-corrected chi connectivity index (χ4v) is 3.71. The Morgan fingerprint density at radius 3 is 2.60 bits per heavy atom. The normalized spacial score (nSPS) is 26.8. The van der Waals surface area contributed by atoms with E-state index < -0.39 is 5.54 Å². The third-order valence-electron chi connectivity index (χ3n) is 5.00. The number of hydrogen-bond acceptors (Lipinski definition) is 4.